The van der Waals surface area contributed by atoms with Crippen molar-refractivity contribution >= 4 is 0 Å². The first-order valence-corrected chi connectivity index (χ1v) is 5.57. The fourth-order valence-electron chi connectivity index (χ4n) is 3.14. The summed E-state index contributed by atoms with van der Waals surface area (Å²) in [6, 6.07) is 0.837. The molecule has 1 N–H and O–H groups in total. The lowest BCUT2D eigenvalue weighted by Crippen LogP contribution is -2.36. The first-order chi connectivity index (χ1) is 5.90. The van der Waals surface area contributed by atoms with E-state index < -0.39 is 0 Å². The maximum absolute atomic E-state index is 3.44. The first-order valence-electron chi connectivity index (χ1n) is 5.57. The third-order valence-electron chi connectivity index (χ3n) is 3.95. The van der Waals surface area contributed by atoms with Crippen molar-refractivity contribution in [3.05, 3.63) is 0 Å². The molecular formula is C11H21N. The molecule has 2 saturated carbocycles. The second-order valence-electron chi connectivity index (χ2n) is 4.60. The van der Waals surface area contributed by atoms with Crippen molar-refractivity contribution < 1.29 is 0 Å². The molecule has 0 saturated heterocycles. The normalized spacial score (nSPS) is 42.2. The molecule has 0 radical (unpaired) electrons. The molecule has 0 spiro atoms. The molecule has 3 atom stereocenters. The molecule has 2 rings (SSSR count). The monoisotopic (exact) mass is 167 g/mol. The van der Waals surface area contributed by atoms with Gasteiger partial charge in [0.15, 0.2) is 0 Å². The molecule has 3 unspecified atom stereocenters. The van der Waals surface area contributed by atoms with E-state index in [-0.39, 0.29) is 0 Å². The van der Waals surface area contributed by atoms with Crippen LogP contribution < -0.4 is 5.32 Å². The van der Waals surface area contributed by atoms with Crippen LogP contribution in [0.1, 0.15) is 44.9 Å². The molecule has 0 aromatic carbocycles. The van der Waals surface area contributed by atoms with Crippen molar-refractivity contribution in [3.8, 4) is 0 Å². The third-order valence-corrected chi connectivity index (χ3v) is 3.95. The predicted octanol–water partition coefficient (Wildman–Crippen LogP) is 2.56. The third kappa shape index (κ3) is 1.66. The zero-order valence-corrected chi connectivity index (χ0v) is 8.18. The van der Waals surface area contributed by atoms with Crippen molar-refractivity contribution in [3.63, 3.8) is 0 Å². The minimum Gasteiger partial charge on any atom is -0.317 e. The van der Waals surface area contributed by atoms with Crippen LogP contribution in [0.4, 0.5) is 0 Å². The molecule has 0 aromatic heterocycles. The van der Waals surface area contributed by atoms with Gasteiger partial charge in [0.2, 0.25) is 0 Å². The van der Waals surface area contributed by atoms with Crippen molar-refractivity contribution in [2.75, 3.05) is 7.05 Å². The van der Waals surface area contributed by atoms with Crippen LogP contribution in [0.3, 0.4) is 0 Å². The van der Waals surface area contributed by atoms with Crippen molar-refractivity contribution in [1.82, 2.24) is 5.32 Å². The minimum absolute atomic E-state index is 0.837. The highest BCUT2D eigenvalue weighted by Crippen LogP contribution is 2.40. The Morgan fingerprint density at radius 3 is 2.42 bits per heavy atom. The van der Waals surface area contributed by atoms with E-state index in [0.29, 0.717) is 0 Å². The largest absolute Gasteiger partial charge is 0.317 e. The van der Waals surface area contributed by atoms with Gasteiger partial charge in [-0.3, -0.25) is 0 Å². The minimum atomic E-state index is 0.837. The van der Waals surface area contributed by atoms with Gasteiger partial charge >= 0.3 is 0 Å². The molecule has 2 aliphatic carbocycles. The number of hydrogen-bond donors (Lipinski definition) is 1. The lowest BCUT2D eigenvalue weighted by molar-refractivity contribution is 0.147. The fourth-order valence-corrected chi connectivity index (χ4v) is 3.14. The molecular weight excluding hydrogens is 146 g/mol. The average molecular weight is 167 g/mol. The van der Waals surface area contributed by atoms with Crippen LogP contribution in [0.2, 0.25) is 0 Å². The number of nitrogens with one attached hydrogen (secondary N) is 1. The van der Waals surface area contributed by atoms with E-state index in [0.717, 1.165) is 17.9 Å². The van der Waals surface area contributed by atoms with Gasteiger partial charge in [0.1, 0.15) is 0 Å². The molecule has 0 heterocycles. The molecule has 1 heteroatoms. The topological polar surface area (TPSA) is 12.0 Å². The van der Waals surface area contributed by atoms with Gasteiger partial charge in [-0.2, -0.15) is 0 Å². The smallest absolute Gasteiger partial charge is 0.00669 e. The summed E-state index contributed by atoms with van der Waals surface area (Å²) in [5.74, 6) is 2.17. The van der Waals surface area contributed by atoms with E-state index in [1.54, 1.807) is 0 Å². The zero-order valence-electron chi connectivity index (χ0n) is 8.18. The molecule has 0 aromatic rings. The van der Waals surface area contributed by atoms with Crippen LogP contribution in [0.15, 0.2) is 0 Å². The number of fused-ring (bicyclic) bond motifs is 1. The highest BCUT2D eigenvalue weighted by atomic mass is 14.9. The predicted molar refractivity (Wildman–Crippen MR) is 52.1 cm³/mol. The molecule has 2 fully saturated rings. The quantitative estimate of drug-likeness (QED) is 0.633. The maximum atomic E-state index is 3.44. The molecule has 0 amide bonds. The van der Waals surface area contributed by atoms with E-state index in [1.807, 2.05) is 0 Å². The van der Waals surface area contributed by atoms with Gasteiger partial charge in [-0.1, -0.05) is 25.7 Å². The number of rotatable bonds is 1. The van der Waals surface area contributed by atoms with Crippen LogP contribution in [0, 0.1) is 11.8 Å². The van der Waals surface area contributed by atoms with Crippen LogP contribution in [0.25, 0.3) is 0 Å². The SMILES string of the molecule is CNC1CCC2CCCCC2C1. The summed E-state index contributed by atoms with van der Waals surface area (Å²) in [6.07, 6.45) is 10.4. The highest BCUT2D eigenvalue weighted by molar-refractivity contribution is 4.85. The van der Waals surface area contributed by atoms with Gasteiger partial charge in [0, 0.05) is 6.04 Å². The van der Waals surface area contributed by atoms with E-state index >= 15 is 0 Å². The van der Waals surface area contributed by atoms with E-state index in [2.05, 4.69) is 12.4 Å². The Morgan fingerprint density at radius 2 is 1.67 bits per heavy atom. The Kier molecular flexibility index (Phi) is 2.69. The second-order valence-corrected chi connectivity index (χ2v) is 4.60. The molecule has 0 aliphatic heterocycles. The fraction of sp³-hybridized carbons (Fsp3) is 1.00. The van der Waals surface area contributed by atoms with Gasteiger partial charge in [-0.25, -0.2) is 0 Å². The van der Waals surface area contributed by atoms with E-state index in [1.165, 1.54) is 44.9 Å². The molecule has 0 bridgehead atoms. The maximum Gasteiger partial charge on any atom is 0.00669 e. The molecule has 2 aliphatic rings. The highest BCUT2D eigenvalue weighted by Gasteiger charge is 2.31. The second kappa shape index (κ2) is 3.78. The Bertz CT molecular complexity index is 144. The Morgan fingerprint density at radius 1 is 0.917 bits per heavy atom. The van der Waals surface area contributed by atoms with Gasteiger partial charge < -0.3 is 5.32 Å². The summed E-state index contributed by atoms with van der Waals surface area (Å²) in [7, 11) is 2.12. The van der Waals surface area contributed by atoms with Crippen molar-refractivity contribution in [2.45, 2.75) is 51.0 Å². The van der Waals surface area contributed by atoms with Crippen LogP contribution in [0.5, 0.6) is 0 Å². The summed E-state index contributed by atoms with van der Waals surface area (Å²) in [5.41, 5.74) is 0. The van der Waals surface area contributed by atoms with Gasteiger partial charge in [0.05, 0.1) is 0 Å². The Balaban J connectivity index is 1.90. The summed E-state index contributed by atoms with van der Waals surface area (Å²) in [6.45, 7) is 0. The Labute approximate surface area is 75.9 Å². The first kappa shape index (κ1) is 8.55. The lowest BCUT2D eigenvalue weighted by atomic mass is 9.69. The summed E-state index contributed by atoms with van der Waals surface area (Å²) in [4.78, 5) is 0. The number of hydrogen-bond acceptors (Lipinski definition) is 1. The van der Waals surface area contributed by atoms with Crippen LogP contribution in [-0.2, 0) is 0 Å². The van der Waals surface area contributed by atoms with Gasteiger partial charge in [-0.15, -0.1) is 0 Å². The van der Waals surface area contributed by atoms with Gasteiger partial charge in [-0.05, 0) is 38.1 Å². The van der Waals surface area contributed by atoms with Crippen LogP contribution >= 0.6 is 0 Å². The zero-order chi connectivity index (χ0) is 8.39. The summed E-state index contributed by atoms with van der Waals surface area (Å²) < 4.78 is 0. The molecule has 1 nitrogen and oxygen atoms in total. The van der Waals surface area contributed by atoms with Gasteiger partial charge in [0.25, 0.3) is 0 Å². The van der Waals surface area contributed by atoms with Crippen LogP contribution in [-0.4, -0.2) is 13.1 Å². The average Bonchev–Trinajstić information content (AvgIpc) is 2.17. The van der Waals surface area contributed by atoms with Crippen molar-refractivity contribution in [2.24, 2.45) is 11.8 Å². The van der Waals surface area contributed by atoms with E-state index in [9.17, 15) is 0 Å². The molecule has 12 heavy (non-hydrogen) atoms. The van der Waals surface area contributed by atoms with Crippen molar-refractivity contribution in [1.29, 1.82) is 0 Å². The lowest BCUT2D eigenvalue weighted by Gasteiger charge is -2.39. The standard InChI is InChI=1S/C11H21N/c1-12-11-7-6-9-4-2-3-5-10(9)8-11/h9-12H,2-8H2,1H3. The summed E-state index contributed by atoms with van der Waals surface area (Å²) >= 11 is 0. The van der Waals surface area contributed by atoms with E-state index in [4.69, 9.17) is 0 Å². The summed E-state index contributed by atoms with van der Waals surface area (Å²) in [5, 5.41) is 3.44. The Hall–Kier alpha value is -0.0400. The molecule has 70 valence electrons.